The molecule has 4 nitrogen and oxygen atoms in total. The first-order valence-corrected chi connectivity index (χ1v) is 15.7. The largest absolute Gasteiger partial charge is 0.345 e. The summed E-state index contributed by atoms with van der Waals surface area (Å²) in [5.41, 5.74) is 8.76. The zero-order chi connectivity index (χ0) is 30.7. The topological polar surface area (TPSA) is 24.9 Å². The van der Waals surface area contributed by atoms with E-state index < -0.39 is 11.4 Å². The van der Waals surface area contributed by atoms with Crippen molar-refractivity contribution in [2.24, 2.45) is 0 Å². The highest BCUT2D eigenvalue weighted by Gasteiger charge is 2.57. The quantitative estimate of drug-likeness (QED) is 0.236. The number of benzene rings is 4. The SMILES string of the molecule is CC1=Cc2ccccc2[C@@]2(c3ccccc3)OCC(C)(C)N12.CC1=Cc2ccccc2[C@]2(c3ccccc3)OCC(C)(C)N12. The minimum Gasteiger partial charge on any atom is -0.345 e. The van der Waals surface area contributed by atoms with Gasteiger partial charge in [0.25, 0.3) is 0 Å². The Balaban J connectivity index is 0.000000142. The second-order valence-corrected chi connectivity index (χ2v) is 13.6. The van der Waals surface area contributed by atoms with E-state index in [0.29, 0.717) is 13.2 Å². The van der Waals surface area contributed by atoms with Gasteiger partial charge >= 0.3 is 0 Å². The maximum Gasteiger partial charge on any atom is 0.194 e. The van der Waals surface area contributed by atoms with Crippen molar-refractivity contribution >= 4 is 12.2 Å². The lowest BCUT2D eigenvalue weighted by Crippen LogP contribution is -2.51. The van der Waals surface area contributed by atoms with Gasteiger partial charge in [-0.1, -0.05) is 109 Å². The molecule has 0 unspecified atom stereocenters. The van der Waals surface area contributed by atoms with Crippen molar-refractivity contribution in [3.8, 4) is 0 Å². The highest BCUT2D eigenvalue weighted by molar-refractivity contribution is 5.65. The number of nitrogens with zero attached hydrogens (tertiary/aromatic N) is 2. The summed E-state index contributed by atoms with van der Waals surface area (Å²) in [5.74, 6) is 0. The normalized spacial score (nSPS) is 25.4. The molecule has 0 radical (unpaired) electrons. The molecule has 4 heteroatoms. The summed E-state index contributed by atoms with van der Waals surface area (Å²) >= 11 is 0. The fraction of sp³-hybridized carbons (Fsp3) is 0.300. The predicted molar refractivity (Wildman–Crippen MR) is 178 cm³/mol. The molecule has 4 aromatic carbocycles. The average molecular weight is 583 g/mol. The van der Waals surface area contributed by atoms with E-state index in [4.69, 9.17) is 9.47 Å². The number of allylic oxidation sites excluding steroid dienone is 2. The van der Waals surface area contributed by atoms with Crippen LogP contribution in [0, 0.1) is 0 Å². The molecule has 0 bridgehead atoms. The van der Waals surface area contributed by atoms with Crippen molar-refractivity contribution in [3.05, 3.63) is 154 Å². The first-order chi connectivity index (χ1) is 21.1. The Labute approximate surface area is 262 Å². The second kappa shape index (κ2) is 10.2. The van der Waals surface area contributed by atoms with Gasteiger partial charge in [-0.25, -0.2) is 0 Å². The first-order valence-electron chi connectivity index (χ1n) is 15.7. The molecule has 4 aromatic rings. The number of hydrogen-bond acceptors (Lipinski definition) is 4. The van der Waals surface area contributed by atoms with Crippen molar-refractivity contribution in [2.75, 3.05) is 13.2 Å². The maximum atomic E-state index is 6.53. The van der Waals surface area contributed by atoms with Crippen LogP contribution in [-0.2, 0) is 20.9 Å². The Bertz CT molecular complexity index is 1630. The summed E-state index contributed by atoms with van der Waals surface area (Å²) in [4.78, 5) is 4.88. The maximum absolute atomic E-state index is 6.53. The molecule has 0 aromatic heterocycles. The van der Waals surface area contributed by atoms with Gasteiger partial charge in [0.2, 0.25) is 0 Å². The van der Waals surface area contributed by atoms with E-state index in [2.05, 4.69) is 173 Å². The average Bonchev–Trinajstić information content (AvgIpc) is 3.50. The minimum absolute atomic E-state index is 0.0377. The fourth-order valence-corrected chi connectivity index (χ4v) is 8.03. The summed E-state index contributed by atoms with van der Waals surface area (Å²) < 4.78 is 13.1. The lowest BCUT2D eigenvalue weighted by molar-refractivity contribution is -0.0444. The molecule has 0 aliphatic carbocycles. The molecule has 4 aliphatic rings. The molecule has 0 N–H and O–H groups in total. The summed E-state index contributed by atoms with van der Waals surface area (Å²) in [6.07, 6.45) is 4.54. The summed E-state index contributed by atoms with van der Waals surface area (Å²) in [6.45, 7) is 14.8. The Morgan fingerprint density at radius 1 is 0.477 bits per heavy atom. The molecule has 0 amide bonds. The van der Waals surface area contributed by atoms with Crippen LogP contribution < -0.4 is 0 Å². The highest BCUT2D eigenvalue weighted by Crippen LogP contribution is 2.54. The van der Waals surface area contributed by atoms with Gasteiger partial charge in [-0.15, -0.1) is 0 Å². The van der Waals surface area contributed by atoms with E-state index in [1.54, 1.807) is 0 Å². The lowest BCUT2D eigenvalue weighted by atomic mass is 9.84. The van der Waals surface area contributed by atoms with Gasteiger partial charge in [0, 0.05) is 33.6 Å². The van der Waals surface area contributed by atoms with Gasteiger partial charge in [-0.2, -0.15) is 0 Å². The zero-order valence-corrected chi connectivity index (χ0v) is 26.7. The molecule has 2 atom stereocenters. The third-order valence-electron chi connectivity index (χ3n) is 9.53. The van der Waals surface area contributed by atoms with Crippen LogP contribution in [0.2, 0.25) is 0 Å². The summed E-state index contributed by atoms with van der Waals surface area (Å²) in [6, 6.07) is 38.3. The predicted octanol–water partition coefficient (Wildman–Crippen LogP) is 8.75. The molecule has 4 aliphatic heterocycles. The zero-order valence-electron chi connectivity index (χ0n) is 26.7. The molecular weight excluding hydrogens is 540 g/mol. The van der Waals surface area contributed by atoms with E-state index in [1.807, 2.05) is 0 Å². The number of hydrogen-bond donors (Lipinski definition) is 0. The second-order valence-electron chi connectivity index (χ2n) is 13.6. The minimum atomic E-state index is -0.514. The van der Waals surface area contributed by atoms with E-state index in [0.717, 1.165) is 0 Å². The fourth-order valence-electron chi connectivity index (χ4n) is 8.03. The smallest absolute Gasteiger partial charge is 0.194 e. The van der Waals surface area contributed by atoms with Crippen molar-refractivity contribution in [1.82, 2.24) is 9.80 Å². The Kier molecular flexibility index (Phi) is 6.65. The van der Waals surface area contributed by atoms with Crippen LogP contribution in [-0.4, -0.2) is 34.1 Å². The van der Waals surface area contributed by atoms with E-state index >= 15 is 0 Å². The number of ether oxygens (including phenoxy) is 2. The molecule has 0 spiro atoms. The Hall–Kier alpha value is -4.12. The summed E-state index contributed by atoms with van der Waals surface area (Å²) in [7, 11) is 0. The number of rotatable bonds is 2. The van der Waals surface area contributed by atoms with Crippen LogP contribution in [0.1, 0.15) is 74.9 Å². The standard InChI is InChI=1S/2C20H21NO/c2*1-15-13-16-9-7-8-12-18(16)20(17-10-5-4-6-11-17)21(15)19(2,3)14-22-20/h2*4-13H,14H2,1-3H3/t2*20-/m10/s1. The Morgan fingerprint density at radius 2 is 0.818 bits per heavy atom. The molecule has 224 valence electrons. The van der Waals surface area contributed by atoms with Gasteiger partial charge < -0.3 is 19.3 Å². The Morgan fingerprint density at radius 3 is 1.20 bits per heavy atom. The van der Waals surface area contributed by atoms with Gasteiger partial charge in [-0.05, 0) is 64.8 Å². The number of fused-ring (bicyclic) bond motifs is 6. The van der Waals surface area contributed by atoms with Crippen molar-refractivity contribution in [1.29, 1.82) is 0 Å². The van der Waals surface area contributed by atoms with Gasteiger partial charge in [0.05, 0.1) is 24.3 Å². The van der Waals surface area contributed by atoms with Crippen molar-refractivity contribution in [2.45, 2.75) is 64.1 Å². The van der Waals surface area contributed by atoms with E-state index in [1.165, 1.54) is 44.8 Å². The van der Waals surface area contributed by atoms with Crippen LogP contribution in [0.4, 0.5) is 0 Å². The molecule has 4 heterocycles. The van der Waals surface area contributed by atoms with Gasteiger partial charge in [0.15, 0.2) is 11.4 Å². The van der Waals surface area contributed by atoms with Crippen LogP contribution in [0.15, 0.2) is 121 Å². The molecule has 0 saturated carbocycles. The first kappa shape index (κ1) is 28.6. The summed E-state index contributed by atoms with van der Waals surface area (Å²) in [5, 5.41) is 0. The third kappa shape index (κ3) is 4.12. The van der Waals surface area contributed by atoms with E-state index in [-0.39, 0.29) is 11.1 Å². The van der Waals surface area contributed by atoms with E-state index in [9.17, 15) is 0 Å². The van der Waals surface area contributed by atoms with Crippen LogP contribution in [0.3, 0.4) is 0 Å². The molecule has 8 rings (SSSR count). The van der Waals surface area contributed by atoms with Crippen molar-refractivity contribution < 1.29 is 9.47 Å². The molecule has 44 heavy (non-hydrogen) atoms. The van der Waals surface area contributed by atoms with Gasteiger partial charge in [0.1, 0.15) is 0 Å². The van der Waals surface area contributed by atoms with Crippen LogP contribution in [0.5, 0.6) is 0 Å². The third-order valence-corrected chi connectivity index (χ3v) is 9.53. The van der Waals surface area contributed by atoms with Crippen LogP contribution >= 0.6 is 0 Å². The van der Waals surface area contributed by atoms with Gasteiger partial charge in [-0.3, -0.25) is 0 Å². The molecular formula is C40H42N2O2. The monoisotopic (exact) mass is 582 g/mol. The highest BCUT2D eigenvalue weighted by atomic mass is 16.5. The van der Waals surface area contributed by atoms with Crippen molar-refractivity contribution in [3.63, 3.8) is 0 Å². The molecule has 2 saturated heterocycles. The lowest BCUT2D eigenvalue weighted by Gasteiger charge is -2.47. The molecule has 2 fully saturated rings. The van der Waals surface area contributed by atoms with Crippen LogP contribution in [0.25, 0.3) is 12.2 Å².